The molecule has 1 aliphatic rings. The molecule has 0 amide bonds. The van der Waals surface area contributed by atoms with E-state index in [9.17, 15) is 9.50 Å². The Hall–Kier alpha value is -0.890. The maximum atomic E-state index is 12.6. The van der Waals surface area contributed by atoms with Gasteiger partial charge in [-0.1, -0.05) is 12.1 Å². The maximum Gasteiger partial charge on any atom is 0.123 e. The summed E-state index contributed by atoms with van der Waals surface area (Å²) in [6, 6.07) is 6.57. The molecule has 1 aliphatic carbocycles. The lowest BCUT2D eigenvalue weighted by molar-refractivity contribution is 0.110. The Morgan fingerprint density at radius 2 is 1.93 bits per heavy atom. The van der Waals surface area contributed by atoms with Crippen LogP contribution in [0.4, 0.5) is 4.39 Å². The van der Waals surface area contributed by atoms with Crippen LogP contribution in [-0.4, -0.2) is 11.2 Å². The van der Waals surface area contributed by atoms with Crippen molar-refractivity contribution < 1.29 is 9.50 Å². The molecule has 1 aromatic rings. The summed E-state index contributed by atoms with van der Waals surface area (Å²) in [7, 11) is 0. The van der Waals surface area contributed by atoms with E-state index < -0.39 is 0 Å². The summed E-state index contributed by atoms with van der Waals surface area (Å²) in [6.45, 7) is 1.84. The van der Waals surface area contributed by atoms with Crippen molar-refractivity contribution in [2.75, 3.05) is 0 Å². The molecule has 1 N–H and O–H groups in total. The summed E-state index contributed by atoms with van der Waals surface area (Å²) >= 11 is 0. The van der Waals surface area contributed by atoms with Crippen LogP contribution in [0.3, 0.4) is 0 Å². The molecule has 1 atom stereocenters. The first-order valence-electron chi connectivity index (χ1n) is 5.05. The lowest BCUT2D eigenvalue weighted by atomic mass is 9.92. The fourth-order valence-corrected chi connectivity index (χ4v) is 1.91. The summed E-state index contributed by atoms with van der Waals surface area (Å²) in [5, 5.41) is 9.58. The SMILES string of the molecule is CC(O)C1(Cc2ccc(F)cc2)CC1. The van der Waals surface area contributed by atoms with Gasteiger partial charge in [0, 0.05) is 5.41 Å². The second-order valence-electron chi connectivity index (χ2n) is 4.34. The van der Waals surface area contributed by atoms with Crippen molar-refractivity contribution in [2.45, 2.75) is 32.3 Å². The highest BCUT2D eigenvalue weighted by atomic mass is 19.1. The molecule has 2 rings (SSSR count). The van der Waals surface area contributed by atoms with Gasteiger partial charge in [-0.15, -0.1) is 0 Å². The van der Waals surface area contributed by atoms with E-state index in [-0.39, 0.29) is 17.3 Å². The van der Waals surface area contributed by atoms with Crippen LogP contribution in [0.1, 0.15) is 25.3 Å². The molecular formula is C12H15FO. The summed E-state index contributed by atoms with van der Waals surface area (Å²) in [4.78, 5) is 0. The largest absolute Gasteiger partial charge is 0.393 e. The van der Waals surface area contributed by atoms with Crippen molar-refractivity contribution in [3.63, 3.8) is 0 Å². The van der Waals surface area contributed by atoms with Crippen LogP contribution in [0.2, 0.25) is 0 Å². The molecule has 0 aliphatic heterocycles. The molecule has 0 aromatic heterocycles. The first-order valence-corrected chi connectivity index (χ1v) is 5.05. The minimum atomic E-state index is -0.257. The molecule has 0 bridgehead atoms. The third kappa shape index (κ3) is 1.80. The van der Waals surface area contributed by atoms with E-state index in [0.717, 1.165) is 24.8 Å². The van der Waals surface area contributed by atoms with Crippen molar-refractivity contribution in [1.29, 1.82) is 0 Å². The van der Waals surface area contributed by atoms with Gasteiger partial charge in [-0.2, -0.15) is 0 Å². The van der Waals surface area contributed by atoms with E-state index in [1.54, 1.807) is 12.1 Å². The first-order chi connectivity index (χ1) is 6.62. The minimum Gasteiger partial charge on any atom is -0.393 e. The minimum absolute atomic E-state index is 0.0812. The Balaban J connectivity index is 2.08. The first kappa shape index (κ1) is 9.66. The highest BCUT2D eigenvalue weighted by Crippen LogP contribution is 2.51. The predicted molar refractivity (Wildman–Crippen MR) is 53.5 cm³/mol. The molecule has 1 saturated carbocycles. The smallest absolute Gasteiger partial charge is 0.123 e. The van der Waals surface area contributed by atoms with Crippen LogP contribution < -0.4 is 0 Å². The van der Waals surface area contributed by atoms with E-state index in [4.69, 9.17) is 0 Å². The van der Waals surface area contributed by atoms with Crippen LogP contribution >= 0.6 is 0 Å². The number of hydrogen-bond donors (Lipinski definition) is 1. The molecule has 1 aromatic carbocycles. The van der Waals surface area contributed by atoms with Gasteiger partial charge in [0.15, 0.2) is 0 Å². The summed E-state index contributed by atoms with van der Waals surface area (Å²) in [6.07, 6.45) is 2.78. The molecule has 1 nitrogen and oxygen atoms in total. The number of benzene rings is 1. The molecule has 0 heterocycles. The number of aliphatic hydroxyl groups excluding tert-OH is 1. The van der Waals surface area contributed by atoms with Crippen LogP contribution in [0.15, 0.2) is 24.3 Å². The van der Waals surface area contributed by atoms with Crippen molar-refractivity contribution in [3.8, 4) is 0 Å². The van der Waals surface area contributed by atoms with Gasteiger partial charge in [-0.3, -0.25) is 0 Å². The van der Waals surface area contributed by atoms with Crippen molar-refractivity contribution >= 4 is 0 Å². The molecular weight excluding hydrogens is 179 g/mol. The van der Waals surface area contributed by atoms with Gasteiger partial charge >= 0.3 is 0 Å². The van der Waals surface area contributed by atoms with Crippen molar-refractivity contribution in [1.82, 2.24) is 0 Å². The molecule has 0 radical (unpaired) electrons. The van der Waals surface area contributed by atoms with E-state index in [2.05, 4.69) is 0 Å². The third-order valence-electron chi connectivity index (χ3n) is 3.25. The van der Waals surface area contributed by atoms with E-state index in [0.29, 0.717) is 0 Å². The molecule has 0 spiro atoms. The molecule has 0 saturated heterocycles. The van der Waals surface area contributed by atoms with Crippen LogP contribution in [-0.2, 0) is 6.42 Å². The van der Waals surface area contributed by atoms with Crippen LogP contribution in [0.25, 0.3) is 0 Å². The molecule has 1 unspecified atom stereocenters. The standard InChI is InChI=1S/C12H15FO/c1-9(14)12(6-7-12)8-10-2-4-11(13)5-3-10/h2-5,9,14H,6-8H2,1H3. The van der Waals surface area contributed by atoms with Gasteiger partial charge in [0.2, 0.25) is 0 Å². The number of aliphatic hydroxyl groups is 1. The normalized spacial score (nSPS) is 20.5. The third-order valence-corrected chi connectivity index (χ3v) is 3.25. The Morgan fingerprint density at radius 3 is 2.36 bits per heavy atom. The Morgan fingerprint density at radius 1 is 1.36 bits per heavy atom. The zero-order chi connectivity index (χ0) is 10.2. The highest BCUT2D eigenvalue weighted by Gasteiger charge is 2.46. The van der Waals surface area contributed by atoms with Gasteiger partial charge in [-0.05, 0) is 43.9 Å². The zero-order valence-electron chi connectivity index (χ0n) is 8.33. The monoisotopic (exact) mass is 194 g/mol. The zero-order valence-corrected chi connectivity index (χ0v) is 8.33. The van der Waals surface area contributed by atoms with E-state index in [1.165, 1.54) is 12.1 Å². The molecule has 76 valence electrons. The van der Waals surface area contributed by atoms with Gasteiger partial charge in [-0.25, -0.2) is 4.39 Å². The van der Waals surface area contributed by atoms with E-state index >= 15 is 0 Å². The number of rotatable bonds is 3. The predicted octanol–water partition coefficient (Wildman–Crippen LogP) is 2.53. The Bertz CT molecular complexity index is 312. The Labute approximate surface area is 83.6 Å². The van der Waals surface area contributed by atoms with Crippen molar-refractivity contribution in [3.05, 3.63) is 35.6 Å². The fraction of sp³-hybridized carbons (Fsp3) is 0.500. The second-order valence-corrected chi connectivity index (χ2v) is 4.34. The highest BCUT2D eigenvalue weighted by molar-refractivity contribution is 5.20. The van der Waals surface area contributed by atoms with Crippen LogP contribution in [0, 0.1) is 11.2 Å². The van der Waals surface area contributed by atoms with Gasteiger partial charge < -0.3 is 5.11 Å². The summed E-state index contributed by atoms with van der Waals surface area (Å²) in [5.74, 6) is -0.198. The maximum absolute atomic E-state index is 12.6. The topological polar surface area (TPSA) is 20.2 Å². The summed E-state index contributed by atoms with van der Waals surface area (Å²) < 4.78 is 12.6. The quantitative estimate of drug-likeness (QED) is 0.784. The van der Waals surface area contributed by atoms with Gasteiger partial charge in [0.25, 0.3) is 0 Å². The van der Waals surface area contributed by atoms with Gasteiger partial charge in [0.05, 0.1) is 6.10 Å². The fourth-order valence-electron chi connectivity index (χ4n) is 1.91. The van der Waals surface area contributed by atoms with Crippen molar-refractivity contribution in [2.24, 2.45) is 5.41 Å². The molecule has 14 heavy (non-hydrogen) atoms. The molecule has 2 heteroatoms. The number of hydrogen-bond acceptors (Lipinski definition) is 1. The van der Waals surface area contributed by atoms with Gasteiger partial charge in [0.1, 0.15) is 5.82 Å². The lowest BCUT2D eigenvalue weighted by Gasteiger charge is -2.18. The Kier molecular flexibility index (Phi) is 2.31. The lowest BCUT2D eigenvalue weighted by Crippen LogP contribution is -2.20. The average molecular weight is 194 g/mol. The second kappa shape index (κ2) is 3.35. The average Bonchev–Trinajstić information content (AvgIpc) is 2.90. The number of halogens is 1. The van der Waals surface area contributed by atoms with Crippen LogP contribution in [0.5, 0.6) is 0 Å². The molecule has 1 fully saturated rings. The summed E-state index contributed by atoms with van der Waals surface area (Å²) in [5.41, 5.74) is 1.20. The van der Waals surface area contributed by atoms with E-state index in [1.807, 2.05) is 6.92 Å².